The van der Waals surface area contributed by atoms with Crippen LogP contribution in [-0.4, -0.2) is 40.5 Å². The van der Waals surface area contributed by atoms with Crippen molar-refractivity contribution in [3.63, 3.8) is 0 Å². The molecule has 0 amide bonds. The second kappa shape index (κ2) is 6.42. The van der Waals surface area contributed by atoms with E-state index >= 15 is 0 Å². The zero-order chi connectivity index (χ0) is 15.6. The van der Waals surface area contributed by atoms with Gasteiger partial charge >= 0.3 is 0 Å². The standard InChI is InChI=1S/C18H25N5/c19-18-14-5-1-2-6-15(14)21-17(22-18)12-23-10-4-3-7-16(23)13-8-9-20-11-13/h1-2,5-6,13,16,20H,3-4,7-12H2,(H2,19,21,22). The molecule has 2 atom stereocenters. The Labute approximate surface area is 137 Å². The molecule has 0 bridgehead atoms. The first-order valence-corrected chi connectivity index (χ1v) is 8.77. The molecule has 23 heavy (non-hydrogen) atoms. The number of piperidine rings is 1. The van der Waals surface area contributed by atoms with E-state index in [2.05, 4.69) is 15.2 Å². The van der Waals surface area contributed by atoms with Gasteiger partial charge in [-0.05, 0) is 56.9 Å². The minimum Gasteiger partial charge on any atom is -0.383 e. The molecule has 122 valence electrons. The van der Waals surface area contributed by atoms with Gasteiger partial charge in [0.05, 0.1) is 12.1 Å². The van der Waals surface area contributed by atoms with Crippen LogP contribution in [0.4, 0.5) is 5.82 Å². The zero-order valence-corrected chi connectivity index (χ0v) is 13.5. The third-order valence-electron chi connectivity index (χ3n) is 5.33. The van der Waals surface area contributed by atoms with E-state index in [1.165, 1.54) is 25.7 Å². The average molecular weight is 311 g/mol. The van der Waals surface area contributed by atoms with Gasteiger partial charge in [-0.1, -0.05) is 18.6 Å². The summed E-state index contributed by atoms with van der Waals surface area (Å²) < 4.78 is 0. The van der Waals surface area contributed by atoms with Gasteiger partial charge in [-0.15, -0.1) is 0 Å². The first-order valence-electron chi connectivity index (χ1n) is 8.77. The number of likely N-dealkylation sites (tertiary alicyclic amines) is 1. The molecule has 2 saturated heterocycles. The highest BCUT2D eigenvalue weighted by Gasteiger charge is 2.32. The first kappa shape index (κ1) is 14.8. The number of fused-ring (bicyclic) bond motifs is 1. The van der Waals surface area contributed by atoms with Crippen molar-refractivity contribution >= 4 is 16.7 Å². The highest BCUT2D eigenvalue weighted by atomic mass is 15.2. The summed E-state index contributed by atoms with van der Waals surface area (Å²) in [5.41, 5.74) is 7.09. The van der Waals surface area contributed by atoms with Gasteiger partial charge < -0.3 is 11.1 Å². The number of nitrogen functional groups attached to an aromatic ring is 1. The topological polar surface area (TPSA) is 67.1 Å². The SMILES string of the molecule is Nc1nc(CN2CCCCC2C2CCNC2)nc2ccccc12. The van der Waals surface area contributed by atoms with Crippen LogP contribution in [0.25, 0.3) is 10.9 Å². The number of nitrogens with zero attached hydrogens (tertiary/aromatic N) is 3. The summed E-state index contributed by atoms with van der Waals surface area (Å²) >= 11 is 0. The second-order valence-corrected chi connectivity index (χ2v) is 6.83. The molecule has 2 aromatic rings. The van der Waals surface area contributed by atoms with Gasteiger partial charge in [-0.25, -0.2) is 9.97 Å². The van der Waals surface area contributed by atoms with E-state index in [9.17, 15) is 0 Å². The Morgan fingerprint density at radius 1 is 1.17 bits per heavy atom. The Morgan fingerprint density at radius 3 is 2.96 bits per heavy atom. The molecule has 2 fully saturated rings. The molecule has 5 nitrogen and oxygen atoms in total. The predicted molar refractivity (Wildman–Crippen MR) is 93.0 cm³/mol. The molecule has 3 N–H and O–H groups in total. The molecule has 2 aliphatic heterocycles. The highest BCUT2D eigenvalue weighted by Crippen LogP contribution is 2.28. The van der Waals surface area contributed by atoms with Crippen LogP contribution in [0.1, 0.15) is 31.5 Å². The maximum atomic E-state index is 6.14. The quantitative estimate of drug-likeness (QED) is 0.909. The third-order valence-corrected chi connectivity index (χ3v) is 5.33. The normalized spacial score (nSPS) is 25.9. The number of nitrogens with one attached hydrogen (secondary N) is 1. The predicted octanol–water partition coefficient (Wildman–Crippen LogP) is 2.18. The molecular weight excluding hydrogens is 286 g/mol. The first-order chi connectivity index (χ1) is 11.3. The molecule has 1 aromatic carbocycles. The summed E-state index contributed by atoms with van der Waals surface area (Å²) in [6, 6.07) is 8.66. The van der Waals surface area contributed by atoms with Crippen LogP contribution < -0.4 is 11.1 Å². The van der Waals surface area contributed by atoms with Gasteiger partial charge in [0, 0.05) is 11.4 Å². The van der Waals surface area contributed by atoms with E-state index in [0.717, 1.165) is 48.8 Å². The van der Waals surface area contributed by atoms with Crippen molar-refractivity contribution in [2.24, 2.45) is 5.92 Å². The van der Waals surface area contributed by atoms with Crippen molar-refractivity contribution in [1.29, 1.82) is 0 Å². The van der Waals surface area contributed by atoms with Crippen LogP contribution in [0.3, 0.4) is 0 Å². The fourth-order valence-electron chi connectivity index (χ4n) is 4.16. The Balaban J connectivity index is 1.58. The fourth-order valence-corrected chi connectivity index (χ4v) is 4.16. The Hall–Kier alpha value is -1.72. The molecule has 0 aliphatic carbocycles. The molecule has 4 rings (SSSR count). The van der Waals surface area contributed by atoms with Crippen LogP contribution in [0.2, 0.25) is 0 Å². The van der Waals surface area contributed by atoms with Crippen molar-refractivity contribution in [2.75, 3.05) is 25.4 Å². The number of hydrogen-bond acceptors (Lipinski definition) is 5. The number of hydrogen-bond donors (Lipinski definition) is 2. The zero-order valence-electron chi connectivity index (χ0n) is 13.5. The van der Waals surface area contributed by atoms with Gasteiger partial charge in [-0.3, -0.25) is 4.90 Å². The largest absolute Gasteiger partial charge is 0.383 e. The van der Waals surface area contributed by atoms with Crippen molar-refractivity contribution in [1.82, 2.24) is 20.2 Å². The van der Waals surface area contributed by atoms with Crippen LogP contribution in [0, 0.1) is 5.92 Å². The number of nitrogens with two attached hydrogens (primary N) is 1. The van der Waals surface area contributed by atoms with Crippen molar-refractivity contribution in [3.05, 3.63) is 30.1 Å². The monoisotopic (exact) mass is 311 g/mol. The Morgan fingerprint density at radius 2 is 2.09 bits per heavy atom. The number of rotatable bonds is 3. The number of anilines is 1. The van der Waals surface area contributed by atoms with Crippen LogP contribution >= 0.6 is 0 Å². The van der Waals surface area contributed by atoms with E-state index in [4.69, 9.17) is 10.7 Å². The van der Waals surface area contributed by atoms with Crippen molar-refractivity contribution in [2.45, 2.75) is 38.3 Å². The summed E-state index contributed by atoms with van der Waals surface area (Å²) in [7, 11) is 0. The van der Waals surface area contributed by atoms with E-state index in [-0.39, 0.29) is 0 Å². The van der Waals surface area contributed by atoms with Gasteiger partial charge in [-0.2, -0.15) is 0 Å². The molecule has 0 saturated carbocycles. The smallest absolute Gasteiger partial charge is 0.145 e. The fraction of sp³-hybridized carbons (Fsp3) is 0.556. The molecule has 0 spiro atoms. The summed E-state index contributed by atoms with van der Waals surface area (Å²) in [5.74, 6) is 2.23. The molecule has 5 heteroatoms. The summed E-state index contributed by atoms with van der Waals surface area (Å²) in [6.07, 6.45) is 5.22. The lowest BCUT2D eigenvalue weighted by atomic mass is 9.89. The number of benzene rings is 1. The van der Waals surface area contributed by atoms with E-state index in [1.54, 1.807) is 0 Å². The lowest BCUT2D eigenvalue weighted by Crippen LogP contribution is -2.44. The van der Waals surface area contributed by atoms with Gasteiger partial charge in [0.2, 0.25) is 0 Å². The molecule has 3 heterocycles. The minimum atomic E-state index is 0.599. The van der Waals surface area contributed by atoms with Crippen LogP contribution in [-0.2, 0) is 6.54 Å². The molecular formula is C18H25N5. The number of aromatic nitrogens is 2. The molecule has 0 radical (unpaired) electrons. The highest BCUT2D eigenvalue weighted by molar-refractivity contribution is 5.87. The Kier molecular flexibility index (Phi) is 4.14. The van der Waals surface area contributed by atoms with Crippen molar-refractivity contribution < 1.29 is 0 Å². The summed E-state index contributed by atoms with van der Waals surface area (Å²) in [5, 5.41) is 4.46. The Bertz CT molecular complexity index is 680. The minimum absolute atomic E-state index is 0.599. The molecule has 2 aliphatic rings. The van der Waals surface area contributed by atoms with E-state index in [1.807, 2.05) is 24.3 Å². The lowest BCUT2D eigenvalue weighted by molar-refractivity contribution is 0.0958. The summed E-state index contributed by atoms with van der Waals surface area (Å²) in [6.45, 7) is 4.28. The third kappa shape index (κ3) is 3.03. The lowest BCUT2D eigenvalue weighted by Gasteiger charge is -2.38. The van der Waals surface area contributed by atoms with Crippen molar-refractivity contribution in [3.8, 4) is 0 Å². The van der Waals surface area contributed by atoms with E-state index in [0.29, 0.717) is 11.9 Å². The van der Waals surface area contributed by atoms with Gasteiger partial charge in [0.25, 0.3) is 0 Å². The maximum absolute atomic E-state index is 6.14. The van der Waals surface area contributed by atoms with Gasteiger partial charge in [0.1, 0.15) is 11.6 Å². The molecule has 1 aromatic heterocycles. The number of para-hydroxylation sites is 1. The summed E-state index contributed by atoms with van der Waals surface area (Å²) in [4.78, 5) is 11.9. The van der Waals surface area contributed by atoms with E-state index < -0.39 is 0 Å². The maximum Gasteiger partial charge on any atom is 0.145 e. The van der Waals surface area contributed by atoms with Crippen LogP contribution in [0.15, 0.2) is 24.3 Å². The van der Waals surface area contributed by atoms with Crippen LogP contribution in [0.5, 0.6) is 0 Å². The average Bonchev–Trinajstić information content (AvgIpc) is 3.10. The second-order valence-electron chi connectivity index (χ2n) is 6.83. The molecule has 2 unspecified atom stereocenters. The van der Waals surface area contributed by atoms with Gasteiger partial charge in [0.15, 0.2) is 0 Å².